The molecule has 1 aliphatic carbocycles. The molecular weight excluding hydrogens is 494 g/mol. The normalized spacial score (nSPS) is 13.1. The van der Waals surface area contributed by atoms with Crippen molar-refractivity contribution in [2.24, 2.45) is 5.10 Å². The van der Waals surface area contributed by atoms with Gasteiger partial charge in [-0.15, -0.1) is 11.3 Å². The number of thioether (sulfide) groups is 1. The van der Waals surface area contributed by atoms with E-state index in [-0.39, 0.29) is 17.2 Å². The number of rotatable bonds is 8. The Balaban J connectivity index is 1.45. The summed E-state index contributed by atoms with van der Waals surface area (Å²) in [5.41, 5.74) is 5.09. The number of amides is 1. The summed E-state index contributed by atoms with van der Waals surface area (Å²) in [5.74, 6) is 0.508. The van der Waals surface area contributed by atoms with Crippen LogP contribution in [-0.2, 0) is 17.6 Å². The van der Waals surface area contributed by atoms with Crippen molar-refractivity contribution in [1.29, 1.82) is 0 Å². The molecule has 0 saturated heterocycles. The van der Waals surface area contributed by atoms with Gasteiger partial charge in [-0.05, 0) is 80.1 Å². The van der Waals surface area contributed by atoms with Crippen LogP contribution in [0.1, 0.15) is 35.8 Å². The second-order valence-electron chi connectivity index (χ2n) is 8.22. The zero-order valence-electron chi connectivity index (χ0n) is 19.8. The summed E-state index contributed by atoms with van der Waals surface area (Å²) in [6, 6.07) is 11.0. The number of aromatic nitrogens is 3. The Morgan fingerprint density at radius 2 is 1.97 bits per heavy atom. The first-order valence-corrected chi connectivity index (χ1v) is 13.6. The van der Waals surface area contributed by atoms with Crippen LogP contribution in [-0.4, -0.2) is 39.0 Å². The zero-order valence-corrected chi connectivity index (χ0v) is 21.4. The number of fused-ring (bicyclic) bond motifs is 3. The number of thiophene rings is 1. The second-order valence-corrected chi connectivity index (χ2v) is 10.2. The summed E-state index contributed by atoms with van der Waals surface area (Å²) in [5, 5.41) is 5.19. The van der Waals surface area contributed by atoms with Gasteiger partial charge in [0.2, 0.25) is 0 Å². The minimum absolute atomic E-state index is 0.0632. The third kappa shape index (κ3) is 5.19. The van der Waals surface area contributed by atoms with Gasteiger partial charge in [0.05, 0.1) is 29.6 Å². The Morgan fingerprint density at radius 3 is 2.75 bits per heavy atom. The van der Waals surface area contributed by atoms with Gasteiger partial charge in [0.25, 0.3) is 11.5 Å². The molecule has 0 spiro atoms. The number of nitrogens with zero attached hydrogens (tertiary/aromatic N) is 4. The number of hydrazone groups is 1. The minimum Gasteiger partial charge on any atom is -0.494 e. The second kappa shape index (κ2) is 11.0. The van der Waals surface area contributed by atoms with Gasteiger partial charge in [0, 0.05) is 17.3 Å². The van der Waals surface area contributed by atoms with Crippen molar-refractivity contribution in [3.05, 3.63) is 75.1 Å². The van der Waals surface area contributed by atoms with E-state index in [4.69, 9.17) is 9.72 Å². The van der Waals surface area contributed by atoms with Gasteiger partial charge in [-0.2, -0.15) is 5.10 Å². The van der Waals surface area contributed by atoms with Crippen molar-refractivity contribution in [3.8, 4) is 11.4 Å². The summed E-state index contributed by atoms with van der Waals surface area (Å²) in [6.45, 7) is 2.49. The van der Waals surface area contributed by atoms with E-state index in [2.05, 4.69) is 15.5 Å². The largest absolute Gasteiger partial charge is 0.494 e. The van der Waals surface area contributed by atoms with E-state index in [1.165, 1.54) is 16.6 Å². The molecule has 3 heterocycles. The van der Waals surface area contributed by atoms with E-state index in [0.717, 1.165) is 47.4 Å². The lowest BCUT2D eigenvalue weighted by molar-refractivity contribution is -0.118. The first kappa shape index (κ1) is 24.2. The highest BCUT2D eigenvalue weighted by atomic mass is 32.2. The monoisotopic (exact) mass is 519 g/mol. The van der Waals surface area contributed by atoms with Crippen molar-refractivity contribution in [1.82, 2.24) is 20.0 Å². The SMILES string of the molecule is CCOc1ccc(-n2c(SCC(=O)NN=Cc3ccncc3)nc3sc4c(c3c2=O)CCCC4)cc1. The molecule has 10 heteroatoms. The molecule has 184 valence electrons. The fourth-order valence-electron chi connectivity index (χ4n) is 4.16. The zero-order chi connectivity index (χ0) is 24.9. The van der Waals surface area contributed by atoms with Crippen LogP contribution in [0.4, 0.5) is 0 Å². The highest BCUT2D eigenvalue weighted by Gasteiger charge is 2.23. The predicted molar refractivity (Wildman–Crippen MR) is 144 cm³/mol. The Kier molecular flexibility index (Phi) is 7.43. The number of ether oxygens (including phenoxy) is 1. The average molecular weight is 520 g/mol. The smallest absolute Gasteiger partial charge is 0.267 e. The van der Waals surface area contributed by atoms with Crippen LogP contribution in [0, 0.1) is 0 Å². The molecule has 0 unspecified atom stereocenters. The van der Waals surface area contributed by atoms with E-state index in [9.17, 15) is 9.59 Å². The lowest BCUT2D eigenvalue weighted by atomic mass is 9.97. The molecule has 8 nitrogen and oxygen atoms in total. The molecular formula is C26H25N5O3S2. The molecule has 0 bridgehead atoms. The van der Waals surface area contributed by atoms with E-state index in [1.54, 1.807) is 46.6 Å². The van der Waals surface area contributed by atoms with Crippen LogP contribution in [0.3, 0.4) is 0 Å². The Hall–Kier alpha value is -3.50. The summed E-state index contributed by atoms with van der Waals surface area (Å²) in [7, 11) is 0. The van der Waals surface area contributed by atoms with Crippen LogP contribution in [0.15, 0.2) is 63.8 Å². The topological polar surface area (TPSA) is 98.5 Å². The molecule has 0 radical (unpaired) electrons. The number of carbonyl (C=O) groups is 1. The van der Waals surface area contributed by atoms with Crippen LogP contribution in [0.2, 0.25) is 0 Å². The van der Waals surface area contributed by atoms with E-state index >= 15 is 0 Å². The van der Waals surface area contributed by atoms with Gasteiger partial charge in [0.15, 0.2) is 5.16 Å². The molecule has 36 heavy (non-hydrogen) atoms. The van der Waals surface area contributed by atoms with Crippen molar-refractivity contribution in [2.75, 3.05) is 12.4 Å². The third-order valence-corrected chi connectivity index (χ3v) is 7.93. The molecule has 4 aromatic rings. The maximum atomic E-state index is 13.8. The number of hydrogen-bond donors (Lipinski definition) is 1. The Morgan fingerprint density at radius 1 is 1.19 bits per heavy atom. The molecule has 0 aliphatic heterocycles. The summed E-state index contributed by atoms with van der Waals surface area (Å²) >= 11 is 2.82. The van der Waals surface area contributed by atoms with Crippen molar-refractivity contribution < 1.29 is 9.53 Å². The first-order valence-electron chi connectivity index (χ1n) is 11.8. The predicted octanol–water partition coefficient (Wildman–Crippen LogP) is 4.36. The number of aryl methyl sites for hydroxylation is 2. The van der Waals surface area contributed by atoms with Crippen molar-refractivity contribution in [2.45, 2.75) is 37.8 Å². The number of pyridine rings is 1. The van der Waals surface area contributed by atoms with Gasteiger partial charge < -0.3 is 4.74 Å². The molecule has 0 atom stereocenters. The molecule has 1 amide bonds. The van der Waals surface area contributed by atoms with Gasteiger partial charge in [-0.1, -0.05) is 11.8 Å². The van der Waals surface area contributed by atoms with Gasteiger partial charge in [-0.25, -0.2) is 10.4 Å². The first-order chi connectivity index (χ1) is 17.6. The van der Waals surface area contributed by atoms with Crippen LogP contribution in [0.25, 0.3) is 15.9 Å². The van der Waals surface area contributed by atoms with Crippen LogP contribution < -0.4 is 15.7 Å². The fourth-order valence-corrected chi connectivity index (χ4v) is 6.27. The Bertz CT molecular complexity index is 1460. The molecule has 3 aromatic heterocycles. The lowest BCUT2D eigenvalue weighted by Crippen LogP contribution is -2.24. The average Bonchev–Trinajstić information content (AvgIpc) is 3.28. The highest BCUT2D eigenvalue weighted by molar-refractivity contribution is 7.99. The van der Waals surface area contributed by atoms with Crippen molar-refractivity contribution >= 4 is 45.4 Å². The van der Waals surface area contributed by atoms with Gasteiger partial charge in [-0.3, -0.25) is 19.1 Å². The van der Waals surface area contributed by atoms with Gasteiger partial charge in [0.1, 0.15) is 10.6 Å². The molecule has 5 rings (SSSR count). The summed E-state index contributed by atoms with van der Waals surface area (Å²) in [4.78, 5) is 37.1. The van der Waals surface area contributed by atoms with Crippen LogP contribution >= 0.6 is 23.1 Å². The molecule has 1 aromatic carbocycles. The maximum Gasteiger partial charge on any atom is 0.267 e. The summed E-state index contributed by atoms with van der Waals surface area (Å²) in [6.07, 6.45) is 8.97. The number of hydrogen-bond acceptors (Lipinski definition) is 8. The van der Waals surface area contributed by atoms with Crippen molar-refractivity contribution in [3.63, 3.8) is 0 Å². The molecule has 1 N–H and O–H groups in total. The summed E-state index contributed by atoms with van der Waals surface area (Å²) < 4.78 is 7.17. The maximum absolute atomic E-state index is 13.8. The number of benzene rings is 1. The van der Waals surface area contributed by atoms with Crippen LogP contribution in [0.5, 0.6) is 5.75 Å². The molecule has 0 saturated carbocycles. The van der Waals surface area contributed by atoms with Gasteiger partial charge >= 0.3 is 0 Å². The highest BCUT2D eigenvalue weighted by Crippen LogP contribution is 2.35. The van der Waals surface area contributed by atoms with E-state index in [1.807, 2.05) is 31.2 Å². The number of nitrogens with one attached hydrogen (secondary N) is 1. The lowest BCUT2D eigenvalue weighted by Gasteiger charge is -2.14. The van der Waals surface area contributed by atoms with E-state index < -0.39 is 0 Å². The third-order valence-electron chi connectivity index (χ3n) is 5.81. The number of carbonyl (C=O) groups excluding carboxylic acids is 1. The minimum atomic E-state index is -0.289. The Labute approximate surface area is 216 Å². The van der Waals surface area contributed by atoms with E-state index in [0.29, 0.717) is 22.8 Å². The molecule has 1 aliphatic rings. The fraction of sp³-hybridized carbons (Fsp3) is 0.269. The molecule has 0 fully saturated rings. The standard InChI is InChI=1S/C26H25N5O3S2/c1-2-34-19-9-7-18(8-10-19)31-25(33)23-20-5-3-4-6-21(20)36-24(23)29-26(31)35-16-22(32)30-28-15-17-11-13-27-14-12-17/h7-15H,2-6,16H2,1H3,(H,30,32). The quantitative estimate of drug-likeness (QED) is 0.161.